The Balaban J connectivity index is 5.37. The molecule has 0 saturated heterocycles. The Bertz CT molecular complexity index is 1630. The van der Waals surface area contributed by atoms with Gasteiger partial charge in [-0.1, -0.05) is 196 Å². The van der Waals surface area contributed by atoms with Gasteiger partial charge in [0.05, 0.1) is 64.0 Å². The summed E-state index contributed by atoms with van der Waals surface area (Å²) in [6, 6.07) is 0. The van der Waals surface area contributed by atoms with Gasteiger partial charge < -0.3 is 48.8 Å². The zero-order valence-electron chi connectivity index (χ0n) is 59.6. The number of nitrogens with zero attached hydrogens (tertiary/aromatic N) is 2. The first-order chi connectivity index (χ1) is 44.7. The van der Waals surface area contributed by atoms with E-state index in [-0.39, 0.29) is 101 Å². The van der Waals surface area contributed by atoms with Crippen LogP contribution in [0, 0.1) is 17.8 Å². The summed E-state index contributed by atoms with van der Waals surface area (Å²) in [5.74, 6) is -2.91. The van der Waals surface area contributed by atoms with Crippen LogP contribution < -0.4 is 0 Å². The third kappa shape index (κ3) is 51.9. The van der Waals surface area contributed by atoms with Gasteiger partial charge in [0.2, 0.25) is 0 Å². The quantitative estimate of drug-likeness (QED) is 0.0251. The van der Waals surface area contributed by atoms with Gasteiger partial charge in [0.1, 0.15) is 0 Å². The summed E-state index contributed by atoms with van der Waals surface area (Å²) in [6.07, 6.45) is 36.2. The molecule has 0 rings (SSSR count). The van der Waals surface area contributed by atoms with Crippen molar-refractivity contribution >= 4 is 35.8 Å². The Morgan fingerprint density at radius 3 is 0.696 bits per heavy atom. The molecule has 0 aromatic heterocycles. The topological polar surface area (TPSA) is 245 Å². The van der Waals surface area contributed by atoms with Gasteiger partial charge in [0.15, 0.2) is 18.3 Å². The van der Waals surface area contributed by atoms with Gasteiger partial charge in [0.25, 0.3) is 0 Å². The molecular weight excluding hydrogens is 1170 g/mol. The van der Waals surface area contributed by atoms with Crippen molar-refractivity contribution in [3.8, 4) is 0 Å². The van der Waals surface area contributed by atoms with E-state index in [9.17, 15) is 49.2 Å². The fraction of sp³-hybridized carbons (Fsp3) is 0.919. The van der Waals surface area contributed by atoms with E-state index in [0.29, 0.717) is 64.8 Å². The van der Waals surface area contributed by atoms with Crippen molar-refractivity contribution in [3.05, 3.63) is 0 Å². The molecule has 0 aliphatic carbocycles. The summed E-state index contributed by atoms with van der Waals surface area (Å²) < 4.78 is 33.4. The van der Waals surface area contributed by atoms with Gasteiger partial charge in [-0.05, 0) is 135 Å². The van der Waals surface area contributed by atoms with Crippen LogP contribution in [-0.2, 0) is 57.2 Å². The van der Waals surface area contributed by atoms with Crippen LogP contribution in [0.15, 0.2) is 0 Å². The maximum absolute atomic E-state index is 13.1. The number of hydrogen-bond acceptors (Lipinski definition) is 18. The zero-order valence-corrected chi connectivity index (χ0v) is 59.6. The van der Waals surface area contributed by atoms with Crippen LogP contribution in [0.3, 0.4) is 0 Å². The van der Waals surface area contributed by atoms with Crippen molar-refractivity contribution < 1.29 is 77.6 Å². The lowest BCUT2D eigenvalue weighted by Gasteiger charge is -2.28. The predicted octanol–water partition coefficient (Wildman–Crippen LogP) is 14.7. The second kappa shape index (κ2) is 64.9. The lowest BCUT2D eigenvalue weighted by atomic mass is 9.94. The van der Waals surface area contributed by atoms with Crippen molar-refractivity contribution in [1.82, 2.24) is 9.80 Å². The molecule has 3 unspecified atom stereocenters. The Hall–Kier alpha value is -3.42. The molecule has 4 N–H and O–H groups in total. The molecule has 0 heterocycles. The number of aliphatic hydroxyl groups excluding tert-OH is 4. The van der Waals surface area contributed by atoms with Crippen molar-refractivity contribution in [2.24, 2.45) is 17.8 Å². The summed E-state index contributed by atoms with van der Waals surface area (Å²) >= 11 is 0. The van der Waals surface area contributed by atoms with E-state index in [0.717, 1.165) is 193 Å². The van der Waals surface area contributed by atoms with E-state index in [1.807, 2.05) is 0 Å². The second-order valence-corrected chi connectivity index (χ2v) is 26.1. The number of unbranched alkanes of at least 4 members (excludes halogenated alkanes) is 27. The number of esters is 6. The van der Waals surface area contributed by atoms with Gasteiger partial charge in [-0.3, -0.25) is 24.2 Å². The molecule has 542 valence electrons. The van der Waals surface area contributed by atoms with Crippen LogP contribution in [0.1, 0.15) is 318 Å². The highest BCUT2D eigenvalue weighted by Crippen LogP contribution is 2.24. The Morgan fingerprint density at radius 1 is 0.261 bits per heavy atom. The third-order valence-corrected chi connectivity index (χ3v) is 17.5. The minimum absolute atomic E-state index is 0.0401. The molecule has 92 heavy (non-hydrogen) atoms. The molecule has 0 aliphatic rings. The number of carbonyl (C=O) groups is 6. The van der Waals surface area contributed by atoms with Crippen LogP contribution in [-0.4, -0.2) is 170 Å². The summed E-state index contributed by atoms with van der Waals surface area (Å²) in [4.78, 5) is 81.3. The van der Waals surface area contributed by atoms with E-state index < -0.39 is 36.2 Å². The molecule has 0 radical (unpaired) electrons. The average molecular weight is 1310 g/mol. The maximum atomic E-state index is 13.1. The van der Waals surface area contributed by atoms with Gasteiger partial charge >= 0.3 is 35.8 Å². The van der Waals surface area contributed by atoms with E-state index >= 15 is 0 Å². The van der Waals surface area contributed by atoms with Gasteiger partial charge in [-0.15, -0.1) is 0 Å². The Morgan fingerprint density at radius 2 is 0.467 bits per heavy atom. The molecule has 0 aromatic carbocycles. The fourth-order valence-corrected chi connectivity index (χ4v) is 11.6. The van der Waals surface area contributed by atoms with Crippen molar-refractivity contribution in [1.29, 1.82) is 0 Å². The highest BCUT2D eigenvalue weighted by atomic mass is 16.6. The van der Waals surface area contributed by atoms with Gasteiger partial charge in [-0.2, -0.15) is 0 Å². The standard InChI is InChI=1S/C74H140N2O16/c1-7-13-19-31-44-63(45-32-20-14-8-2)69(81)87-54-37-25-28-40-57-90-72(84)66(78)60-75(52-53-77)50-43-51-76(61-67(79)73(85)91-58-41-29-26-38-55-88-70(82)64(46-33-21-15-9-3)47-34-22-16-10-4)62-68(80)74(86)92-59-42-30-27-39-56-89-71(83)65(48-35-23-17-11-5)49-36-24-18-12-6/h63-68,77-80H,7-62H2,1-6H3. The van der Waals surface area contributed by atoms with Crippen molar-refractivity contribution in [2.45, 2.75) is 336 Å². The fourth-order valence-electron chi connectivity index (χ4n) is 11.6. The minimum atomic E-state index is -1.61. The van der Waals surface area contributed by atoms with Crippen LogP contribution in [0.5, 0.6) is 0 Å². The molecule has 0 saturated carbocycles. The number of ether oxygens (including phenoxy) is 6. The summed E-state index contributed by atoms with van der Waals surface area (Å²) in [6.45, 7) is 14.1. The summed E-state index contributed by atoms with van der Waals surface area (Å²) in [5, 5.41) is 42.9. The van der Waals surface area contributed by atoms with Gasteiger partial charge in [-0.25, -0.2) is 14.4 Å². The van der Waals surface area contributed by atoms with Crippen LogP contribution in [0.25, 0.3) is 0 Å². The SMILES string of the molecule is CCCCCCC(CCCCCC)C(=O)OCCCCCCOC(=O)C(O)CN(CCO)CCCN(CC(O)C(=O)OCCCCCCOC(=O)C(CCCCCC)CCCCCC)CC(O)C(=O)OCCCCCCOC(=O)C(CCCCCC)CCCCCC. The lowest BCUT2D eigenvalue weighted by molar-refractivity contribution is -0.157. The van der Waals surface area contributed by atoms with Crippen LogP contribution >= 0.6 is 0 Å². The second-order valence-electron chi connectivity index (χ2n) is 26.1. The van der Waals surface area contributed by atoms with E-state index in [2.05, 4.69) is 41.5 Å². The number of rotatable bonds is 69. The monoisotopic (exact) mass is 1310 g/mol. The van der Waals surface area contributed by atoms with E-state index in [1.165, 1.54) is 38.5 Å². The largest absolute Gasteiger partial charge is 0.465 e. The molecule has 0 fully saturated rings. The highest BCUT2D eigenvalue weighted by Gasteiger charge is 2.28. The average Bonchev–Trinajstić information content (AvgIpc) is 3.76. The van der Waals surface area contributed by atoms with Crippen LogP contribution in [0.4, 0.5) is 0 Å². The van der Waals surface area contributed by atoms with Gasteiger partial charge in [0, 0.05) is 26.2 Å². The van der Waals surface area contributed by atoms with Crippen LogP contribution in [0.2, 0.25) is 0 Å². The normalized spacial score (nSPS) is 12.7. The van der Waals surface area contributed by atoms with E-state index in [1.54, 1.807) is 9.80 Å². The Kier molecular flexibility index (Phi) is 62.5. The lowest BCUT2D eigenvalue weighted by Crippen LogP contribution is -2.45. The zero-order chi connectivity index (χ0) is 67.9. The Labute approximate surface area is 560 Å². The highest BCUT2D eigenvalue weighted by molar-refractivity contribution is 5.76. The molecule has 18 heteroatoms. The molecule has 0 amide bonds. The number of carbonyl (C=O) groups excluding carboxylic acids is 6. The van der Waals surface area contributed by atoms with E-state index in [4.69, 9.17) is 28.4 Å². The maximum Gasteiger partial charge on any atom is 0.336 e. The number of hydrogen-bond donors (Lipinski definition) is 4. The smallest absolute Gasteiger partial charge is 0.336 e. The van der Waals surface area contributed by atoms with Crippen molar-refractivity contribution in [2.75, 3.05) is 85.5 Å². The first-order valence-electron chi connectivity index (χ1n) is 37.8. The van der Waals surface area contributed by atoms with Crippen molar-refractivity contribution in [3.63, 3.8) is 0 Å². The third-order valence-electron chi connectivity index (χ3n) is 17.5. The summed E-state index contributed by atoms with van der Waals surface area (Å²) in [7, 11) is 0. The first-order valence-corrected chi connectivity index (χ1v) is 37.8. The predicted molar refractivity (Wildman–Crippen MR) is 367 cm³/mol. The summed E-state index contributed by atoms with van der Waals surface area (Å²) in [5.41, 5.74) is 0. The molecule has 0 spiro atoms. The molecular formula is C74H140N2O16. The number of aliphatic hydroxyl groups is 4. The molecule has 3 atom stereocenters. The molecule has 0 aliphatic heterocycles. The molecule has 0 aromatic rings. The first kappa shape index (κ1) is 88.6. The molecule has 0 bridgehead atoms. The minimum Gasteiger partial charge on any atom is -0.465 e. The molecule has 18 nitrogen and oxygen atoms in total.